The zero-order valence-electron chi connectivity index (χ0n) is 18.1. The highest BCUT2D eigenvalue weighted by Gasteiger charge is 2.24. The highest BCUT2D eigenvalue weighted by atomic mass is 32.2. The Morgan fingerprint density at radius 1 is 1.06 bits per heavy atom. The van der Waals surface area contributed by atoms with Gasteiger partial charge < -0.3 is 4.90 Å². The van der Waals surface area contributed by atoms with Gasteiger partial charge in [-0.1, -0.05) is 61.2 Å². The summed E-state index contributed by atoms with van der Waals surface area (Å²) in [4.78, 5) is 46.4. The average Bonchev–Trinajstić information content (AvgIpc) is 3.26. The molecule has 1 aliphatic rings. The fraction of sp³-hybridized carbons (Fsp3) is 0.250. The first-order valence-electron chi connectivity index (χ1n) is 10.8. The van der Waals surface area contributed by atoms with Gasteiger partial charge in [0.15, 0.2) is 9.99 Å². The summed E-state index contributed by atoms with van der Waals surface area (Å²) in [6.45, 7) is 2.95. The molecule has 0 N–H and O–H groups in total. The van der Waals surface area contributed by atoms with Crippen LogP contribution in [-0.2, 0) is 24.3 Å². The molecule has 4 aromatic rings. The van der Waals surface area contributed by atoms with Crippen LogP contribution in [0.2, 0.25) is 0 Å². The van der Waals surface area contributed by atoms with Crippen LogP contribution < -0.4 is 11.2 Å². The van der Waals surface area contributed by atoms with Crippen LogP contribution in [0.1, 0.15) is 18.1 Å². The van der Waals surface area contributed by atoms with E-state index >= 15 is 0 Å². The molecule has 0 saturated carbocycles. The number of hydrogen-bond acceptors (Lipinski definition) is 6. The third kappa shape index (κ3) is 4.02. The Hall–Kier alpha value is -3.17. The number of nitrogens with zero attached hydrogens (tertiary/aromatic N) is 4. The molecule has 7 nitrogen and oxygen atoms in total. The fourth-order valence-corrected chi connectivity index (χ4v) is 6.06. The maximum atomic E-state index is 13.5. The second-order valence-electron chi connectivity index (χ2n) is 7.74. The molecule has 2 aromatic heterocycles. The van der Waals surface area contributed by atoms with Crippen molar-refractivity contribution in [2.75, 3.05) is 12.3 Å². The molecule has 9 heteroatoms. The third-order valence-corrected chi connectivity index (χ3v) is 7.78. The summed E-state index contributed by atoms with van der Waals surface area (Å²) in [6.07, 6.45) is 0.781. The lowest BCUT2D eigenvalue weighted by Gasteiger charge is -2.29. The first-order chi connectivity index (χ1) is 16.1. The van der Waals surface area contributed by atoms with Crippen LogP contribution in [0.5, 0.6) is 0 Å². The van der Waals surface area contributed by atoms with Crippen molar-refractivity contribution < 1.29 is 4.79 Å². The molecular weight excluding hydrogens is 456 g/mol. The first-order valence-corrected chi connectivity index (χ1v) is 12.6. The van der Waals surface area contributed by atoms with Crippen molar-refractivity contribution in [3.63, 3.8) is 0 Å². The summed E-state index contributed by atoms with van der Waals surface area (Å²) >= 11 is 2.78. The number of amides is 1. The van der Waals surface area contributed by atoms with E-state index in [1.165, 1.54) is 33.2 Å². The van der Waals surface area contributed by atoms with Gasteiger partial charge in [-0.25, -0.2) is 14.3 Å². The summed E-state index contributed by atoms with van der Waals surface area (Å²) in [5, 5.41) is 0. The number of carbonyl (C=O) groups excluding carboxylic acids is 1. The number of aromatic nitrogens is 3. The first kappa shape index (κ1) is 21.7. The number of rotatable bonds is 5. The van der Waals surface area contributed by atoms with Gasteiger partial charge in [0.2, 0.25) is 5.91 Å². The Bertz CT molecular complexity index is 1460. The number of hydrogen-bond donors (Lipinski definition) is 0. The number of carbonyl (C=O) groups is 1. The molecule has 0 radical (unpaired) electrons. The van der Waals surface area contributed by atoms with Crippen LogP contribution in [-0.4, -0.2) is 37.2 Å². The highest BCUT2D eigenvalue weighted by molar-refractivity contribution is 8.01. The van der Waals surface area contributed by atoms with E-state index in [0.29, 0.717) is 27.8 Å². The van der Waals surface area contributed by atoms with E-state index in [1.807, 2.05) is 31.2 Å². The predicted molar refractivity (Wildman–Crippen MR) is 131 cm³/mol. The van der Waals surface area contributed by atoms with E-state index < -0.39 is 11.2 Å². The molecule has 0 unspecified atom stereocenters. The zero-order chi connectivity index (χ0) is 22.9. The number of para-hydroxylation sites is 1. The smallest absolute Gasteiger partial charge is 0.336 e. The summed E-state index contributed by atoms with van der Waals surface area (Å²) < 4.78 is 3.58. The molecule has 2 aromatic carbocycles. The quantitative estimate of drug-likeness (QED) is 0.412. The topological polar surface area (TPSA) is 77.2 Å². The minimum absolute atomic E-state index is 0.162. The molecule has 0 aliphatic carbocycles. The summed E-state index contributed by atoms with van der Waals surface area (Å²) in [5.41, 5.74) is 2.17. The van der Waals surface area contributed by atoms with Gasteiger partial charge in [0, 0.05) is 13.1 Å². The summed E-state index contributed by atoms with van der Waals surface area (Å²) in [6, 6.07) is 16.9. The Kier molecular flexibility index (Phi) is 5.90. The van der Waals surface area contributed by atoms with Gasteiger partial charge >= 0.3 is 5.69 Å². The van der Waals surface area contributed by atoms with Gasteiger partial charge in [-0.3, -0.25) is 14.2 Å². The molecule has 5 rings (SSSR count). The van der Waals surface area contributed by atoms with Crippen LogP contribution in [0, 0.1) is 0 Å². The molecule has 33 heavy (non-hydrogen) atoms. The molecule has 168 valence electrons. The molecule has 1 amide bonds. The highest BCUT2D eigenvalue weighted by Crippen LogP contribution is 2.27. The number of benzene rings is 2. The lowest BCUT2D eigenvalue weighted by molar-refractivity contribution is -0.132. The maximum Gasteiger partial charge on any atom is 0.337 e. The Morgan fingerprint density at radius 2 is 1.79 bits per heavy atom. The average molecular weight is 479 g/mol. The van der Waals surface area contributed by atoms with Gasteiger partial charge in [0.1, 0.15) is 11.2 Å². The Balaban J connectivity index is 1.59. The Morgan fingerprint density at radius 3 is 2.55 bits per heavy atom. The van der Waals surface area contributed by atoms with Gasteiger partial charge in [-0.15, -0.1) is 11.3 Å². The summed E-state index contributed by atoms with van der Waals surface area (Å²) in [7, 11) is 0. The predicted octanol–water partition coefficient (Wildman–Crippen LogP) is 3.31. The van der Waals surface area contributed by atoms with Gasteiger partial charge in [0.05, 0.1) is 5.69 Å². The normalized spacial score (nSPS) is 13.3. The van der Waals surface area contributed by atoms with E-state index in [2.05, 4.69) is 11.1 Å². The lowest BCUT2D eigenvalue weighted by atomic mass is 10.00. The number of thiazole rings is 1. The maximum absolute atomic E-state index is 13.5. The van der Waals surface area contributed by atoms with Crippen molar-refractivity contribution in [3.05, 3.63) is 86.6 Å². The third-order valence-electron chi connectivity index (χ3n) is 5.72. The van der Waals surface area contributed by atoms with E-state index in [1.54, 1.807) is 29.2 Å². The molecule has 0 atom stereocenters. The second kappa shape index (κ2) is 8.99. The van der Waals surface area contributed by atoms with Crippen molar-refractivity contribution in [2.24, 2.45) is 0 Å². The van der Waals surface area contributed by atoms with Gasteiger partial charge in [0.25, 0.3) is 5.56 Å². The van der Waals surface area contributed by atoms with Crippen molar-refractivity contribution in [1.29, 1.82) is 0 Å². The largest absolute Gasteiger partial charge is 0.337 e. The minimum atomic E-state index is -0.553. The molecule has 1 aliphatic heterocycles. The lowest BCUT2D eigenvalue weighted by Crippen LogP contribution is -2.43. The van der Waals surface area contributed by atoms with E-state index in [9.17, 15) is 14.4 Å². The monoisotopic (exact) mass is 478 g/mol. The molecule has 0 saturated heterocycles. The number of thioether (sulfide) groups is 1. The van der Waals surface area contributed by atoms with Crippen LogP contribution in [0.15, 0.2) is 68.5 Å². The van der Waals surface area contributed by atoms with E-state index in [0.717, 1.165) is 22.3 Å². The van der Waals surface area contributed by atoms with Crippen LogP contribution in [0.3, 0.4) is 0 Å². The van der Waals surface area contributed by atoms with Crippen LogP contribution in [0.25, 0.3) is 16.0 Å². The standard InChI is InChI=1S/C24H22N4O3S2/c1-2-32-23-25-21-20(33-23)22(30)28(18-10-4-3-5-11-18)24(31)27(21)15-19(29)26-13-12-16-8-6-7-9-17(16)14-26/h3-11H,2,12-15H2,1H3. The van der Waals surface area contributed by atoms with Gasteiger partial charge in [-0.2, -0.15) is 0 Å². The SMILES string of the molecule is CCSc1nc2c(s1)c(=O)n(-c1ccccc1)c(=O)n2CC(=O)N1CCc2ccccc2C1. The summed E-state index contributed by atoms with van der Waals surface area (Å²) in [5.74, 6) is 0.632. The zero-order valence-corrected chi connectivity index (χ0v) is 19.7. The second-order valence-corrected chi connectivity index (χ2v) is 10.3. The van der Waals surface area contributed by atoms with E-state index in [4.69, 9.17) is 0 Å². The van der Waals surface area contributed by atoms with E-state index in [-0.39, 0.29) is 18.1 Å². The van der Waals surface area contributed by atoms with Crippen molar-refractivity contribution in [2.45, 2.75) is 30.8 Å². The van der Waals surface area contributed by atoms with Crippen molar-refractivity contribution >= 4 is 39.4 Å². The van der Waals surface area contributed by atoms with Crippen LogP contribution >= 0.6 is 23.1 Å². The van der Waals surface area contributed by atoms with Gasteiger partial charge in [-0.05, 0) is 35.4 Å². The molecule has 0 bridgehead atoms. The van der Waals surface area contributed by atoms with Crippen LogP contribution in [0.4, 0.5) is 0 Å². The molecular formula is C24H22N4O3S2. The Labute approximate surface area is 198 Å². The fourth-order valence-electron chi connectivity index (χ4n) is 4.09. The van der Waals surface area contributed by atoms with Crippen molar-refractivity contribution in [3.8, 4) is 5.69 Å². The van der Waals surface area contributed by atoms with Crippen molar-refractivity contribution in [1.82, 2.24) is 19.0 Å². The molecule has 0 fully saturated rings. The molecule has 0 spiro atoms. The number of fused-ring (bicyclic) bond motifs is 2. The minimum Gasteiger partial charge on any atom is -0.336 e. The molecule has 3 heterocycles.